The Balaban J connectivity index is 1.26. The van der Waals surface area contributed by atoms with Gasteiger partial charge in [0.1, 0.15) is 22.7 Å². The number of methoxy groups -OCH3 is 1. The molecule has 1 aliphatic heterocycles. The summed E-state index contributed by atoms with van der Waals surface area (Å²) < 4.78 is 50.1. The van der Waals surface area contributed by atoms with Gasteiger partial charge >= 0.3 is 0 Å². The van der Waals surface area contributed by atoms with Crippen LogP contribution in [-0.4, -0.2) is 48.2 Å². The Morgan fingerprint density at radius 2 is 1.85 bits per heavy atom. The van der Waals surface area contributed by atoms with Crippen LogP contribution in [0.5, 0.6) is 11.5 Å². The number of nitrogens with one attached hydrogen (secondary N) is 3. The number of carbonyl (C=O) groups is 2. The Bertz CT molecular complexity index is 2090. The van der Waals surface area contributed by atoms with Crippen molar-refractivity contribution in [2.45, 2.75) is 17.2 Å². The van der Waals surface area contributed by atoms with Crippen LogP contribution >= 0.6 is 23.1 Å². The molecular weight excluding hydrogens is 654 g/mol. The van der Waals surface area contributed by atoms with Gasteiger partial charge in [0.2, 0.25) is 0 Å². The van der Waals surface area contributed by atoms with Gasteiger partial charge in [0.05, 0.1) is 39.2 Å². The van der Waals surface area contributed by atoms with E-state index in [0.717, 1.165) is 23.0 Å². The van der Waals surface area contributed by atoms with Gasteiger partial charge in [-0.1, -0.05) is 41.7 Å². The highest BCUT2D eigenvalue weighted by Gasteiger charge is 2.35. The summed E-state index contributed by atoms with van der Waals surface area (Å²) in [6.07, 6.45) is 0. The number of thioether (sulfide) groups is 1. The van der Waals surface area contributed by atoms with Gasteiger partial charge in [-0.3, -0.25) is 19.7 Å². The third kappa shape index (κ3) is 6.16. The lowest BCUT2D eigenvalue weighted by atomic mass is 10.2. The Hall–Kier alpha value is -4.86. The minimum Gasteiger partial charge on any atom is -0.508 e. The van der Waals surface area contributed by atoms with Gasteiger partial charge < -0.3 is 15.2 Å². The van der Waals surface area contributed by atoms with Crippen LogP contribution in [-0.2, 0) is 14.8 Å². The average molecular weight is 680 g/mol. The van der Waals surface area contributed by atoms with E-state index in [1.165, 1.54) is 60.3 Å². The predicted octanol–water partition coefficient (Wildman–Crippen LogP) is 5.92. The fraction of sp³-hybridized carbons (Fsp3) is 0.129. The van der Waals surface area contributed by atoms with Crippen molar-refractivity contribution in [2.24, 2.45) is 0 Å². The number of fused-ring (bicyclic) bond motifs is 1. The summed E-state index contributed by atoms with van der Waals surface area (Å²) in [5, 5.41) is 13.3. The largest absolute Gasteiger partial charge is 0.508 e. The highest BCUT2D eigenvalue weighted by Crippen LogP contribution is 2.39. The van der Waals surface area contributed by atoms with Gasteiger partial charge in [0, 0.05) is 5.69 Å². The number of phenols is 1. The first-order chi connectivity index (χ1) is 22.0. The Labute approximate surface area is 271 Å². The number of carbonyl (C=O) groups excluding carboxylic acids is 2. The third-order valence-corrected chi connectivity index (χ3v) is 10.8. The molecule has 15 heteroatoms. The number of rotatable bonds is 9. The molecule has 1 fully saturated rings. The number of anilines is 3. The fourth-order valence-electron chi connectivity index (χ4n) is 4.78. The first-order valence-corrected chi connectivity index (χ1v) is 17.0. The number of hydrogen-bond donors (Lipinski definition) is 4. The van der Waals surface area contributed by atoms with E-state index in [9.17, 15) is 27.5 Å². The predicted molar refractivity (Wildman–Crippen MR) is 175 cm³/mol. The van der Waals surface area contributed by atoms with E-state index in [0.29, 0.717) is 21.5 Å². The second-order valence-electron chi connectivity index (χ2n) is 10.2. The summed E-state index contributed by atoms with van der Waals surface area (Å²) in [6, 6.07) is 20.1. The number of aromatic hydroxyl groups is 1. The molecule has 4 N–H and O–H groups in total. The molecule has 1 saturated heterocycles. The smallest absolute Gasteiger partial charge is 0.273 e. The zero-order chi connectivity index (χ0) is 32.6. The Kier molecular flexibility index (Phi) is 8.46. The van der Waals surface area contributed by atoms with E-state index in [1.807, 2.05) is 31.2 Å². The van der Waals surface area contributed by atoms with Crippen molar-refractivity contribution in [3.8, 4) is 11.5 Å². The molecule has 0 bridgehead atoms. The summed E-state index contributed by atoms with van der Waals surface area (Å²) >= 11 is 2.24. The summed E-state index contributed by atoms with van der Waals surface area (Å²) in [6.45, 7) is 1.88. The normalized spacial score (nSPS) is 14.8. The number of thiazole rings is 1. The fourth-order valence-corrected chi connectivity index (χ4v) is 8.11. The van der Waals surface area contributed by atoms with Crippen LogP contribution in [0.15, 0.2) is 83.8 Å². The van der Waals surface area contributed by atoms with Crippen molar-refractivity contribution in [3.05, 3.63) is 101 Å². The monoisotopic (exact) mass is 679 g/mol. The number of para-hydroxylation sites is 1. The maximum Gasteiger partial charge on any atom is 0.273 e. The van der Waals surface area contributed by atoms with Gasteiger partial charge in [-0.25, -0.2) is 22.8 Å². The molecule has 5 aromatic rings. The number of nitrogens with zero attached hydrogens (tertiary/aromatic N) is 2. The number of hydrazine groups is 1. The molecule has 4 aromatic carbocycles. The Morgan fingerprint density at radius 3 is 2.59 bits per heavy atom. The van der Waals surface area contributed by atoms with Crippen molar-refractivity contribution in [1.29, 1.82) is 0 Å². The van der Waals surface area contributed by atoms with Gasteiger partial charge in [-0.15, -0.1) is 11.8 Å². The van der Waals surface area contributed by atoms with Crippen molar-refractivity contribution in [1.82, 2.24) is 15.4 Å². The third-order valence-electron chi connectivity index (χ3n) is 7.13. The van der Waals surface area contributed by atoms with E-state index < -0.39 is 27.1 Å². The average Bonchev–Trinajstić information content (AvgIpc) is 3.61. The molecule has 1 aromatic heterocycles. The summed E-state index contributed by atoms with van der Waals surface area (Å²) in [5.41, 5.74) is 5.26. The summed E-state index contributed by atoms with van der Waals surface area (Å²) in [7, 11) is -2.96. The highest BCUT2D eigenvalue weighted by molar-refractivity contribution is 8.00. The van der Waals surface area contributed by atoms with Crippen LogP contribution in [0.2, 0.25) is 0 Å². The number of aryl methyl sites for hydroxylation is 1. The molecule has 6 rings (SSSR count). The summed E-state index contributed by atoms with van der Waals surface area (Å²) in [5.74, 6) is -1.40. The molecule has 2 heterocycles. The number of sulfonamides is 1. The molecule has 0 aliphatic carbocycles. The number of amides is 2. The highest BCUT2D eigenvalue weighted by atomic mass is 32.2. The lowest BCUT2D eigenvalue weighted by Gasteiger charge is -2.25. The summed E-state index contributed by atoms with van der Waals surface area (Å²) in [4.78, 5) is 30.2. The molecule has 1 atom stereocenters. The molecule has 11 nitrogen and oxygen atoms in total. The number of phenolic OH excluding ortho intramolecular Hbond substituents is 1. The van der Waals surface area contributed by atoms with E-state index in [1.54, 1.807) is 12.1 Å². The number of benzene rings is 4. The maximum absolute atomic E-state index is 14.9. The second-order valence-corrected chi connectivity index (χ2v) is 13.9. The van der Waals surface area contributed by atoms with Gasteiger partial charge in [0.15, 0.2) is 5.13 Å². The van der Waals surface area contributed by atoms with Crippen molar-refractivity contribution in [2.75, 3.05) is 22.9 Å². The van der Waals surface area contributed by atoms with Crippen LogP contribution in [0.25, 0.3) is 10.2 Å². The molecule has 1 aliphatic rings. The maximum atomic E-state index is 14.9. The second kappa shape index (κ2) is 12.5. The van der Waals surface area contributed by atoms with Crippen LogP contribution in [0, 0.1) is 12.7 Å². The number of aromatic nitrogens is 1. The first-order valence-electron chi connectivity index (χ1n) is 13.7. The molecule has 2 amide bonds. The van der Waals surface area contributed by atoms with Crippen LogP contribution in [0.3, 0.4) is 0 Å². The molecule has 46 heavy (non-hydrogen) atoms. The van der Waals surface area contributed by atoms with Gasteiger partial charge in [0.25, 0.3) is 21.8 Å². The first kappa shape index (κ1) is 31.1. The minimum absolute atomic E-state index is 0.00770. The number of halogens is 1. The van der Waals surface area contributed by atoms with Crippen LogP contribution < -0.4 is 20.2 Å². The van der Waals surface area contributed by atoms with Gasteiger partial charge in [-0.05, 0) is 66.6 Å². The molecule has 0 saturated carbocycles. The quantitative estimate of drug-likeness (QED) is 0.149. The standard InChI is InChI=1S/C31H26FN5O6S3/c1-17-5-3-4-6-23(17)33-27-22(32)12-13-24-28(27)45-31(34-24)36-46(41,42)20-11-14-25(43-2)21(15-20)29(40)35-37-26(39)16-44-30(37)18-7-9-19(38)10-8-18/h3-15,30,33,38H,16H2,1-2H3,(H,34,36)(H,35,40). The van der Waals surface area contributed by atoms with Crippen LogP contribution in [0.4, 0.5) is 20.9 Å². The zero-order valence-electron chi connectivity index (χ0n) is 24.3. The van der Waals surface area contributed by atoms with E-state index in [4.69, 9.17) is 4.74 Å². The van der Waals surface area contributed by atoms with E-state index in [-0.39, 0.29) is 44.4 Å². The molecule has 1 unspecified atom stereocenters. The molecule has 236 valence electrons. The zero-order valence-corrected chi connectivity index (χ0v) is 26.7. The van der Waals surface area contributed by atoms with E-state index >= 15 is 0 Å². The van der Waals surface area contributed by atoms with Crippen molar-refractivity contribution < 1.29 is 32.2 Å². The lowest BCUT2D eigenvalue weighted by molar-refractivity contribution is -0.130. The van der Waals surface area contributed by atoms with Crippen molar-refractivity contribution in [3.63, 3.8) is 0 Å². The molecule has 0 radical (unpaired) electrons. The lowest BCUT2D eigenvalue weighted by Crippen LogP contribution is -2.44. The van der Waals surface area contributed by atoms with E-state index in [2.05, 4.69) is 20.4 Å². The topological polar surface area (TPSA) is 150 Å². The van der Waals surface area contributed by atoms with Crippen LogP contribution in [0.1, 0.15) is 26.9 Å². The molecular formula is C31H26FN5O6S3. The van der Waals surface area contributed by atoms with Gasteiger partial charge in [-0.2, -0.15) is 0 Å². The van der Waals surface area contributed by atoms with Crippen molar-refractivity contribution >= 4 is 71.7 Å². The SMILES string of the molecule is COc1ccc(S(=O)(=O)Nc2nc3ccc(F)c(Nc4ccccc4C)c3s2)cc1C(=O)NN1C(=O)CSC1c1ccc(O)cc1. The Morgan fingerprint density at radius 1 is 1.09 bits per heavy atom. The number of ether oxygens (including phenoxy) is 1. The number of hydrogen-bond acceptors (Lipinski definition) is 10. The molecule has 0 spiro atoms. The minimum atomic E-state index is -4.29.